The van der Waals surface area contributed by atoms with Crippen LogP contribution in [0.2, 0.25) is 5.02 Å². The number of nitrogens with zero attached hydrogens (tertiary/aromatic N) is 1. The molecule has 0 aliphatic carbocycles. The van der Waals surface area contributed by atoms with Crippen LogP contribution in [-0.2, 0) is 11.4 Å². The first-order chi connectivity index (χ1) is 10.6. The van der Waals surface area contributed by atoms with Gasteiger partial charge in [-0.3, -0.25) is 4.79 Å². The molecular weight excluding hydrogens is 300 g/mol. The van der Waals surface area contributed by atoms with Crippen molar-refractivity contribution in [2.24, 2.45) is 5.73 Å². The third kappa shape index (κ3) is 4.11. The number of nitriles is 1. The van der Waals surface area contributed by atoms with Gasteiger partial charge in [-0.2, -0.15) is 5.26 Å². The quantitative estimate of drug-likeness (QED) is 0.679. The summed E-state index contributed by atoms with van der Waals surface area (Å²) in [6.07, 6.45) is 1.43. The molecule has 0 saturated carbocycles. The SMILES string of the molecule is N#C/C(=C\c1ccc(OCc2ccccc2Cl)cc1)C(N)=O. The van der Waals surface area contributed by atoms with Gasteiger partial charge in [-0.15, -0.1) is 0 Å². The van der Waals surface area contributed by atoms with E-state index < -0.39 is 5.91 Å². The van der Waals surface area contributed by atoms with E-state index in [2.05, 4.69) is 0 Å². The van der Waals surface area contributed by atoms with Gasteiger partial charge in [0.25, 0.3) is 5.91 Å². The number of carbonyl (C=O) groups is 1. The van der Waals surface area contributed by atoms with E-state index in [1.165, 1.54) is 6.08 Å². The number of benzene rings is 2. The summed E-state index contributed by atoms with van der Waals surface area (Å²) in [6.45, 7) is 0.361. The zero-order valence-electron chi connectivity index (χ0n) is 11.6. The highest BCUT2D eigenvalue weighted by molar-refractivity contribution is 6.31. The summed E-state index contributed by atoms with van der Waals surface area (Å²) < 4.78 is 5.64. The van der Waals surface area contributed by atoms with Gasteiger partial charge in [0.1, 0.15) is 24.0 Å². The summed E-state index contributed by atoms with van der Waals surface area (Å²) in [6, 6.07) is 16.2. The fourth-order valence-corrected chi connectivity index (χ4v) is 1.95. The number of ether oxygens (including phenoxy) is 1. The Morgan fingerprint density at radius 2 is 1.91 bits per heavy atom. The highest BCUT2D eigenvalue weighted by atomic mass is 35.5. The van der Waals surface area contributed by atoms with Crippen LogP contribution in [0.1, 0.15) is 11.1 Å². The number of carbonyl (C=O) groups excluding carboxylic acids is 1. The Kier molecular flexibility index (Phi) is 5.18. The number of nitrogens with two attached hydrogens (primary N) is 1. The first-order valence-corrected chi connectivity index (χ1v) is 6.86. The van der Waals surface area contributed by atoms with Gasteiger partial charge in [0, 0.05) is 10.6 Å². The van der Waals surface area contributed by atoms with Crippen LogP contribution in [0.5, 0.6) is 5.75 Å². The molecular formula is C17H13ClN2O2. The topological polar surface area (TPSA) is 76.1 Å². The summed E-state index contributed by atoms with van der Waals surface area (Å²) in [5, 5.41) is 9.45. The predicted octanol–water partition coefficient (Wildman–Crippen LogP) is 3.31. The van der Waals surface area contributed by atoms with Crippen LogP contribution in [0.4, 0.5) is 0 Å². The van der Waals surface area contributed by atoms with Crippen molar-refractivity contribution in [3.63, 3.8) is 0 Å². The van der Waals surface area contributed by atoms with Crippen LogP contribution in [0.3, 0.4) is 0 Å². The third-order valence-electron chi connectivity index (χ3n) is 2.93. The van der Waals surface area contributed by atoms with E-state index in [-0.39, 0.29) is 5.57 Å². The first-order valence-electron chi connectivity index (χ1n) is 6.48. The molecule has 0 fully saturated rings. The van der Waals surface area contributed by atoms with Gasteiger partial charge in [0.2, 0.25) is 0 Å². The van der Waals surface area contributed by atoms with E-state index >= 15 is 0 Å². The highest BCUT2D eigenvalue weighted by Gasteiger charge is 2.04. The molecule has 0 aliphatic heterocycles. The largest absolute Gasteiger partial charge is 0.489 e. The molecule has 5 heteroatoms. The Morgan fingerprint density at radius 3 is 2.50 bits per heavy atom. The van der Waals surface area contributed by atoms with Crippen LogP contribution in [-0.4, -0.2) is 5.91 Å². The fourth-order valence-electron chi connectivity index (χ4n) is 1.76. The molecule has 0 unspecified atom stereocenters. The Bertz CT molecular complexity index is 746. The van der Waals surface area contributed by atoms with E-state index in [4.69, 9.17) is 27.3 Å². The van der Waals surface area contributed by atoms with Crippen molar-refractivity contribution < 1.29 is 9.53 Å². The highest BCUT2D eigenvalue weighted by Crippen LogP contribution is 2.19. The van der Waals surface area contributed by atoms with Crippen molar-refractivity contribution in [1.29, 1.82) is 5.26 Å². The molecule has 0 aliphatic rings. The Morgan fingerprint density at radius 1 is 1.23 bits per heavy atom. The second-order valence-electron chi connectivity index (χ2n) is 4.48. The lowest BCUT2D eigenvalue weighted by Gasteiger charge is -2.08. The molecule has 1 amide bonds. The maximum atomic E-state index is 11.0. The van der Waals surface area contributed by atoms with Crippen LogP contribution < -0.4 is 10.5 Å². The summed E-state index contributed by atoms with van der Waals surface area (Å²) in [7, 11) is 0. The first kappa shape index (κ1) is 15.6. The van der Waals surface area contributed by atoms with Crippen LogP contribution in [0.25, 0.3) is 6.08 Å². The smallest absolute Gasteiger partial charge is 0.259 e. The molecule has 0 heterocycles. The molecule has 0 spiro atoms. The molecule has 0 bridgehead atoms. The lowest BCUT2D eigenvalue weighted by Crippen LogP contribution is -2.12. The van der Waals surface area contributed by atoms with Gasteiger partial charge < -0.3 is 10.5 Å². The monoisotopic (exact) mass is 312 g/mol. The van der Waals surface area contributed by atoms with Gasteiger partial charge >= 0.3 is 0 Å². The Balaban J connectivity index is 2.05. The molecule has 2 aromatic rings. The van der Waals surface area contributed by atoms with Gasteiger partial charge in [-0.05, 0) is 29.8 Å². The molecule has 0 saturated heterocycles. The lowest BCUT2D eigenvalue weighted by molar-refractivity contribution is -0.114. The van der Waals surface area contributed by atoms with Gasteiger partial charge in [0.05, 0.1) is 0 Å². The molecule has 22 heavy (non-hydrogen) atoms. The maximum Gasteiger partial charge on any atom is 0.259 e. The molecule has 110 valence electrons. The minimum absolute atomic E-state index is 0.0928. The van der Waals surface area contributed by atoms with E-state index in [0.29, 0.717) is 22.9 Å². The normalized spacial score (nSPS) is 10.8. The molecule has 2 rings (SSSR count). The minimum atomic E-state index is -0.749. The number of hydrogen-bond donors (Lipinski definition) is 1. The van der Waals surface area contributed by atoms with Crippen molar-refractivity contribution in [1.82, 2.24) is 0 Å². The molecule has 0 atom stereocenters. The Labute approximate surface area is 133 Å². The second kappa shape index (κ2) is 7.30. The average Bonchev–Trinajstić information content (AvgIpc) is 2.52. The van der Waals surface area contributed by atoms with Crippen LogP contribution in [0, 0.1) is 11.3 Å². The van der Waals surface area contributed by atoms with E-state index in [1.54, 1.807) is 36.4 Å². The van der Waals surface area contributed by atoms with Crippen molar-refractivity contribution in [3.8, 4) is 11.8 Å². The van der Waals surface area contributed by atoms with Gasteiger partial charge in [0.15, 0.2) is 0 Å². The van der Waals surface area contributed by atoms with Gasteiger partial charge in [-0.25, -0.2) is 0 Å². The number of hydrogen-bond acceptors (Lipinski definition) is 3. The summed E-state index contributed by atoms with van der Waals surface area (Å²) >= 11 is 6.06. The number of rotatable bonds is 5. The second-order valence-corrected chi connectivity index (χ2v) is 4.89. The van der Waals surface area contributed by atoms with Crippen molar-refractivity contribution in [2.45, 2.75) is 6.61 Å². The summed E-state index contributed by atoms with van der Waals surface area (Å²) in [5.41, 5.74) is 6.58. The standard InChI is InChI=1S/C17H13ClN2O2/c18-16-4-2-1-3-13(16)11-22-15-7-5-12(6-8-15)9-14(10-19)17(20)21/h1-9H,11H2,(H2,20,21)/b14-9+. The molecule has 2 aromatic carbocycles. The lowest BCUT2D eigenvalue weighted by atomic mass is 10.1. The van der Waals surface area contributed by atoms with E-state index in [9.17, 15) is 4.79 Å². The zero-order valence-corrected chi connectivity index (χ0v) is 12.4. The predicted molar refractivity (Wildman–Crippen MR) is 85.0 cm³/mol. The molecule has 2 N–H and O–H groups in total. The van der Waals surface area contributed by atoms with E-state index in [1.807, 2.05) is 18.2 Å². The number of primary amides is 1. The van der Waals surface area contributed by atoms with Crippen molar-refractivity contribution >= 4 is 23.6 Å². The van der Waals surface area contributed by atoms with Crippen LogP contribution in [0.15, 0.2) is 54.1 Å². The summed E-state index contributed by atoms with van der Waals surface area (Å²) in [5.74, 6) is -0.0869. The minimum Gasteiger partial charge on any atom is -0.489 e. The maximum absolute atomic E-state index is 11.0. The zero-order chi connectivity index (χ0) is 15.9. The molecule has 0 radical (unpaired) electrons. The Hall–Kier alpha value is -2.77. The van der Waals surface area contributed by atoms with Gasteiger partial charge in [-0.1, -0.05) is 41.9 Å². The third-order valence-corrected chi connectivity index (χ3v) is 3.30. The number of halogens is 1. The molecule has 0 aromatic heterocycles. The van der Waals surface area contributed by atoms with Crippen molar-refractivity contribution in [2.75, 3.05) is 0 Å². The fraction of sp³-hybridized carbons (Fsp3) is 0.0588. The summed E-state index contributed by atoms with van der Waals surface area (Å²) in [4.78, 5) is 11.0. The number of amides is 1. The van der Waals surface area contributed by atoms with E-state index in [0.717, 1.165) is 5.56 Å². The van der Waals surface area contributed by atoms with Crippen LogP contribution >= 0.6 is 11.6 Å². The molecule has 4 nitrogen and oxygen atoms in total. The van der Waals surface area contributed by atoms with Crippen molar-refractivity contribution in [3.05, 3.63) is 70.3 Å². The average molecular weight is 313 g/mol.